The molecule has 1 aromatic heterocycles. The van der Waals surface area contributed by atoms with E-state index >= 15 is 0 Å². The van der Waals surface area contributed by atoms with Crippen LogP contribution in [-0.2, 0) is 11.3 Å². The first-order chi connectivity index (χ1) is 8.65. The number of carbonyl (C=O) groups excluding carboxylic acids is 1. The van der Waals surface area contributed by atoms with Crippen molar-refractivity contribution in [1.29, 1.82) is 0 Å². The average Bonchev–Trinajstić information content (AvgIpc) is 2.78. The summed E-state index contributed by atoms with van der Waals surface area (Å²) >= 11 is 0. The molecule has 0 spiro atoms. The standard InChI is InChI=1S/C12H19N3O3/c1-9(2)13-12(16)11-7-10(18-14-11)8-15-3-5-17-6-4-15/h7,9H,3-6,8H2,1-2H3,(H,13,16). The van der Waals surface area contributed by atoms with Gasteiger partial charge in [0.15, 0.2) is 11.5 Å². The fraction of sp³-hybridized carbons (Fsp3) is 0.667. The van der Waals surface area contributed by atoms with Gasteiger partial charge in [0.1, 0.15) is 0 Å². The largest absolute Gasteiger partial charge is 0.379 e. The molecule has 2 rings (SSSR count). The van der Waals surface area contributed by atoms with Gasteiger partial charge in [-0.1, -0.05) is 5.16 Å². The second-order valence-corrected chi connectivity index (χ2v) is 4.70. The van der Waals surface area contributed by atoms with Gasteiger partial charge in [-0.3, -0.25) is 9.69 Å². The summed E-state index contributed by atoms with van der Waals surface area (Å²) in [6.07, 6.45) is 0. The van der Waals surface area contributed by atoms with E-state index in [0.29, 0.717) is 18.0 Å². The van der Waals surface area contributed by atoms with Crippen LogP contribution >= 0.6 is 0 Å². The van der Waals surface area contributed by atoms with Gasteiger partial charge < -0.3 is 14.6 Å². The van der Waals surface area contributed by atoms with Gasteiger partial charge in [-0.25, -0.2) is 0 Å². The first kappa shape index (κ1) is 13.0. The van der Waals surface area contributed by atoms with Gasteiger partial charge in [-0.15, -0.1) is 0 Å². The number of ether oxygens (including phenoxy) is 1. The minimum Gasteiger partial charge on any atom is -0.379 e. The predicted molar refractivity (Wildman–Crippen MR) is 65.2 cm³/mol. The van der Waals surface area contributed by atoms with Crippen molar-refractivity contribution in [2.45, 2.75) is 26.4 Å². The highest BCUT2D eigenvalue weighted by Crippen LogP contribution is 2.09. The lowest BCUT2D eigenvalue weighted by atomic mass is 10.3. The first-order valence-electron chi connectivity index (χ1n) is 6.21. The van der Waals surface area contributed by atoms with Gasteiger partial charge in [0.2, 0.25) is 0 Å². The Morgan fingerprint density at radius 3 is 2.89 bits per heavy atom. The van der Waals surface area contributed by atoms with Crippen molar-refractivity contribution in [2.75, 3.05) is 26.3 Å². The molecule has 1 aliphatic heterocycles. The molecule has 18 heavy (non-hydrogen) atoms. The number of nitrogens with zero attached hydrogens (tertiary/aromatic N) is 2. The molecule has 6 heteroatoms. The fourth-order valence-corrected chi connectivity index (χ4v) is 1.81. The van der Waals surface area contributed by atoms with Gasteiger partial charge in [-0.2, -0.15) is 0 Å². The molecule has 1 saturated heterocycles. The Morgan fingerprint density at radius 1 is 1.50 bits per heavy atom. The Balaban J connectivity index is 1.90. The van der Waals surface area contributed by atoms with Gasteiger partial charge in [0.05, 0.1) is 19.8 Å². The molecule has 1 aliphatic rings. The molecule has 2 heterocycles. The van der Waals surface area contributed by atoms with Crippen molar-refractivity contribution in [3.63, 3.8) is 0 Å². The summed E-state index contributed by atoms with van der Waals surface area (Å²) in [5.41, 5.74) is 0.340. The second kappa shape index (κ2) is 5.97. The topological polar surface area (TPSA) is 67.6 Å². The van der Waals surface area contributed by atoms with Crippen LogP contribution < -0.4 is 5.32 Å². The van der Waals surface area contributed by atoms with Crippen molar-refractivity contribution in [2.24, 2.45) is 0 Å². The van der Waals surface area contributed by atoms with Crippen LogP contribution in [0.5, 0.6) is 0 Å². The van der Waals surface area contributed by atoms with Crippen LogP contribution in [0.4, 0.5) is 0 Å². The van der Waals surface area contributed by atoms with Crippen molar-refractivity contribution in [1.82, 2.24) is 15.4 Å². The smallest absolute Gasteiger partial charge is 0.273 e. The Kier molecular flexibility index (Phi) is 4.33. The summed E-state index contributed by atoms with van der Waals surface area (Å²) in [6, 6.07) is 1.80. The normalized spacial score (nSPS) is 17.1. The van der Waals surface area contributed by atoms with Crippen LogP contribution in [0.3, 0.4) is 0 Å². The molecule has 0 aliphatic carbocycles. The number of rotatable bonds is 4. The van der Waals surface area contributed by atoms with E-state index in [4.69, 9.17) is 9.26 Å². The molecule has 0 unspecified atom stereocenters. The zero-order valence-corrected chi connectivity index (χ0v) is 10.8. The highest BCUT2D eigenvalue weighted by molar-refractivity contribution is 5.92. The van der Waals surface area contributed by atoms with Crippen LogP contribution in [0, 0.1) is 0 Å². The highest BCUT2D eigenvalue weighted by atomic mass is 16.5. The zero-order chi connectivity index (χ0) is 13.0. The molecule has 1 N–H and O–H groups in total. The molecule has 0 atom stereocenters. The molecule has 1 fully saturated rings. The monoisotopic (exact) mass is 253 g/mol. The quantitative estimate of drug-likeness (QED) is 0.853. The third-order valence-electron chi connectivity index (χ3n) is 2.69. The maximum Gasteiger partial charge on any atom is 0.273 e. The number of carbonyl (C=O) groups is 1. The van der Waals surface area contributed by atoms with Crippen molar-refractivity contribution in [3.05, 3.63) is 17.5 Å². The minimum atomic E-state index is -0.193. The third-order valence-corrected chi connectivity index (χ3v) is 2.69. The van der Waals surface area contributed by atoms with Gasteiger partial charge >= 0.3 is 0 Å². The second-order valence-electron chi connectivity index (χ2n) is 4.70. The van der Waals surface area contributed by atoms with E-state index in [2.05, 4.69) is 15.4 Å². The third kappa shape index (κ3) is 3.54. The van der Waals surface area contributed by atoms with E-state index in [1.807, 2.05) is 13.8 Å². The van der Waals surface area contributed by atoms with Gasteiger partial charge in [0, 0.05) is 25.2 Å². The molecule has 6 nitrogen and oxygen atoms in total. The van der Waals surface area contributed by atoms with E-state index in [9.17, 15) is 4.79 Å². The summed E-state index contributed by atoms with van der Waals surface area (Å²) < 4.78 is 10.4. The lowest BCUT2D eigenvalue weighted by Gasteiger charge is -2.25. The number of nitrogens with one attached hydrogen (secondary N) is 1. The van der Waals surface area contributed by atoms with Crippen LogP contribution in [0.2, 0.25) is 0 Å². The van der Waals surface area contributed by atoms with E-state index in [1.54, 1.807) is 6.07 Å². The molecule has 0 bridgehead atoms. The Labute approximate surface area is 106 Å². The minimum absolute atomic E-state index is 0.0943. The molecule has 1 aromatic rings. The van der Waals surface area contributed by atoms with Crippen LogP contribution in [-0.4, -0.2) is 48.3 Å². The summed E-state index contributed by atoms with van der Waals surface area (Å²) in [4.78, 5) is 13.9. The summed E-state index contributed by atoms with van der Waals surface area (Å²) in [5.74, 6) is 0.521. The highest BCUT2D eigenvalue weighted by Gasteiger charge is 2.16. The fourth-order valence-electron chi connectivity index (χ4n) is 1.81. The molecule has 0 radical (unpaired) electrons. The van der Waals surface area contributed by atoms with Crippen molar-refractivity contribution < 1.29 is 14.1 Å². The predicted octanol–water partition coefficient (Wildman–Crippen LogP) is 0.645. The summed E-state index contributed by atoms with van der Waals surface area (Å²) in [5, 5.41) is 6.57. The lowest BCUT2D eigenvalue weighted by Crippen LogP contribution is -2.35. The molecular formula is C12H19N3O3. The maximum absolute atomic E-state index is 11.7. The van der Waals surface area contributed by atoms with Crippen LogP contribution in [0.1, 0.15) is 30.1 Å². The molecule has 0 saturated carbocycles. The Bertz CT molecular complexity index is 397. The summed E-state index contributed by atoms with van der Waals surface area (Å²) in [7, 11) is 0. The molecule has 0 aromatic carbocycles. The van der Waals surface area contributed by atoms with Gasteiger partial charge in [-0.05, 0) is 13.8 Å². The zero-order valence-electron chi connectivity index (χ0n) is 10.8. The van der Waals surface area contributed by atoms with Crippen molar-refractivity contribution >= 4 is 5.91 Å². The van der Waals surface area contributed by atoms with E-state index in [1.165, 1.54) is 0 Å². The van der Waals surface area contributed by atoms with E-state index < -0.39 is 0 Å². The van der Waals surface area contributed by atoms with Crippen LogP contribution in [0.15, 0.2) is 10.6 Å². The molecule has 1 amide bonds. The van der Waals surface area contributed by atoms with E-state index in [-0.39, 0.29) is 11.9 Å². The number of hydrogen-bond donors (Lipinski definition) is 1. The number of hydrogen-bond acceptors (Lipinski definition) is 5. The lowest BCUT2D eigenvalue weighted by molar-refractivity contribution is 0.0305. The first-order valence-corrected chi connectivity index (χ1v) is 6.21. The Morgan fingerprint density at radius 2 is 2.22 bits per heavy atom. The molecule has 100 valence electrons. The molecular weight excluding hydrogens is 234 g/mol. The van der Waals surface area contributed by atoms with Crippen molar-refractivity contribution in [3.8, 4) is 0 Å². The SMILES string of the molecule is CC(C)NC(=O)c1cc(CN2CCOCC2)on1. The van der Waals surface area contributed by atoms with E-state index in [0.717, 1.165) is 26.3 Å². The average molecular weight is 253 g/mol. The number of aromatic nitrogens is 1. The maximum atomic E-state index is 11.7. The van der Waals surface area contributed by atoms with Gasteiger partial charge in [0.25, 0.3) is 5.91 Å². The Hall–Kier alpha value is -1.40. The number of morpholine rings is 1. The van der Waals surface area contributed by atoms with Crippen LogP contribution in [0.25, 0.3) is 0 Å². The number of amides is 1. The summed E-state index contributed by atoms with van der Waals surface area (Å²) in [6.45, 7) is 7.75.